The molecular weight excluding hydrogens is 248 g/mol. The molecule has 1 amide bonds. The second-order valence-corrected chi connectivity index (χ2v) is 3.70. The van der Waals surface area contributed by atoms with Gasteiger partial charge in [-0.25, -0.2) is 0 Å². The molecule has 0 spiro atoms. The van der Waals surface area contributed by atoms with Crippen LogP contribution in [0.4, 0.5) is 0 Å². The molecule has 0 aliphatic carbocycles. The van der Waals surface area contributed by atoms with Gasteiger partial charge in [-0.1, -0.05) is 24.3 Å². The Balaban J connectivity index is 1.99. The lowest BCUT2D eigenvalue weighted by Gasteiger charge is -1.99. The largest absolute Gasteiger partial charge is 0.364 e. The molecule has 0 unspecified atom stereocenters. The fourth-order valence-corrected chi connectivity index (χ4v) is 1.67. The Kier molecular flexibility index (Phi) is 2.49. The number of tetrazole rings is 1. The molecule has 3 aromatic rings. The SMILES string of the molecule is NC(=O)c1n[nH]nc1-c1ccc(-c2nn[nH]n2)cc1. The van der Waals surface area contributed by atoms with E-state index in [0.717, 1.165) is 11.1 Å². The third-order valence-corrected chi connectivity index (χ3v) is 2.54. The second-order valence-electron chi connectivity index (χ2n) is 3.70. The van der Waals surface area contributed by atoms with Gasteiger partial charge in [0.2, 0.25) is 5.82 Å². The lowest BCUT2D eigenvalue weighted by Crippen LogP contribution is -2.12. The van der Waals surface area contributed by atoms with E-state index in [2.05, 4.69) is 36.0 Å². The summed E-state index contributed by atoms with van der Waals surface area (Å²) in [5, 5.41) is 23.6. The van der Waals surface area contributed by atoms with E-state index in [4.69, 9.17) is 5.73 Å². The third-order valence-electron chi connectivity index (χ3n) is 2.54. The Bertz CT molecular complexity index is 699. The smallest absolute Gasteiger partial charge is 0.271 e. The first kappa shape index (κ1) is 11.0. The molecule has 0 atom stereocenters. The molecule has 0 aliphatic heterocycles. The van der Waals surface area contributed by atoms with Gasteiger partial charge in [0.15, 0.2) is 5.69 Å². The molecule has 3 rings (SSSR count). The van der Waals surface area contributed by atoms with Crippen LogP contribution in [0.1, 0.15) is 10.5 Å². The molecule has 2 aromatic heterocycles. The van der Waals surface area contributed by atoms with Gasteiger partial charge < -0.3 is 5.73 Å². The summed E-state index contributed by atoms with van der Waals surface area (Å²) < 4.78 is 0. The minimum atomic E-state index is -0.633. The van der Waals surface area contributed by atoms with Crippen LogP contribution in [0.3, 0.4) is 0 Å². The standard InChI is InChI=1S/C10H8N8O/c11-9(19)8-7(12-16-13-8)5-1-3-6(4-2-5)10-14-17-18-15-10/h1-4H,(H2,11,19)(H,12,13,16)(H,14,15,17,18). The van der Waals surface area contributed by atoms with Gasteiger partial charge in [0.1, 0.15) is 5.69 Å². The number of aromatic nitrogens is 7. The predicted molar refractivity (Wildman–Crippen MR) is 63.5 cm³/mol. The number of H-pyrrole nitrogens is 2. The van der Waals surface area contributed by atoms with Crippen molar-refractivity contribution in [2.24, 2.45) is 5.73 Å². The number of aromatic amines is 2. The van der Waals surface area contributed by atoms with Crippen LogP contribution in [-0.4, -0.2) is 41.9 Å². The zero-order chi connectivity index (χ0) is 13.2. The number of primary amides is 1. The molecule has 1 aromatic carbocycles. The van der Waals surface area contributed by atoms with Gasteiger partial charge in [-0.05, 0) is 5.21 Å². The first-order valence-corrected chi connectivity index (χ1v) is 5.30. The van der Waals surface area contributed by atoms with Crippen LogP contribution in [0.5, 0.6) is 0 Å². The van der Waals surface area contributed by atoms with Crippen molar-refractivity contribution in [2.75, 3.05) is 0 Å². The van der Waals surface area contributed by atoms with Crippen LogP contribution in [0, 0.1) is 0 Å². The molecule has 0 saturated heterocycles. The maximum Gasteiger partial charge on any atom is 0.271 e. The number of benzene rings is 1. The first-order chi connectivity index (χ1) is 9.25. The van der Waals surface area contributed by atoms with E-state index in [0.29, 0.717) is 11.5 Å². The Hall–Kier alpha value is -3.10. The summed E-state index contributed by atoms with van der Waals surface area (Å²) in [6.07, 6.45) is 0. The molecular formula is C10H8N8O. The van der Waals surface area contributed by atoms with Gasteiger partial charge in [0, 0.05) is 11.1 Å². The lowest BCUT2D eigenvalue weighted by molar-refractivity contribution is 0.0996. The van der Waals surface area contributed by atoms with Crippen LogP contribution in [-0.2, 0) is 0 Å². The number of nitrogens with one attached hydrogen (secondary N) is 2. The fraction of sp³-hybridized carbons (Fsp3) is 0. The zero-order valence-corrected chi connectivity index (χ0v) is 9.53. The summed E-state index contributed by atoms with van der Waals surface area (Å²) in [6.45, 7) is 0. The van der Waals surface area contributed by atoms with E-state index in [1.165, 1.54) is 0 Å². The summed E-state index contributed by atoms with van der Waals surface area (Å²) in [5.74, 6) is -0.146. The molecule has 0 radical (unpaired) electrons. The maximum absolute atomic E-state index is 11.2. The van der Waals surface area contributed by atoms with Gasteiger partial charge in [-0.2, -0.15) is 20.6 Å². The molecule has 4 N–H and O–H groups in total. The molecule has 19 heavy (non-hydrogen) atoms. The molecule has 94 valence electrons. The van der Waals surface area contributed by atoms with E-state index in [1.54, 1.807) is 24.3 Å². The van der Waals surface area contributed by atoms with E-state index in [-0.39, 0.29) is 5.69 Å². The van der Waals surface area contributed by atoms with Crippen molar-refractivity contribution in [2.45, 2.75) is 0 Å². The van der Waals surface area contributed by atoms with E-state index in [1.807, 2.05) is 0 Å². The van der Waals surface area contributed by atoms with Crippen molar-refractivity contribution in [3.8, 4) is 22.6 Å². The molecule has 2 heterocycles. The van der Waals surface area contributed by atoms with Crippen molar-refractivity contribution in [1.29, 1.82) is 0 Å². The predicted octanol–water partition coefficient (Wildman–Crippen LogP) is -0.249. The fourth-order valence-electron chi connectivity index (χ4n) is 1.67. The monoisotopic (exact) mass is 256 g/mol. The van der Waals surface area contributed by atoms with Crippen LogP contribution < -0.4 is 5.73 Å². The Labute approximate surface area is 106 Å². The van der Waals surface area contributed by atoms with Crippen LogP contribution in [0.15, 0.2) is 24.3 Å². The van der Waals surface area contributed by atoms with Crippen LogP contribution in [0.25, 0.3) is 22.6 Å². The Morgan fingerprint density at radius 3 is 2.37 bits per heavy atom. The van der Waals surface area contributed by atoms with E-state index < -0.39 is 5.91 Å². The van der Waals surface area contributed by atoms with Crippen molar-refractivity contribution < 1.29 is 4.79 Å². The molecule has 9 heteroatoms. The van der Waals surface area contributed by atoms with Gasteiger partial charge in [-0.15, -0.1) is 10.2 Å². The minimum absolute atomic E-state index is 0.104. The Morgan fingerprint density at radius 1 is 1.00 bits per heavy atom. The summed E-state index contributed by atoms with van der Waals surface area (Å²) in [5.41, 5.74) is 7.23. The highest BCUT2D eigenvalue weighted by atomic mass is 16.1. The second kappa shape index (κ2) is 4.29. The van der Waals surface area contributed by atoms with Crippen LogP contribution >= 0.6 is 0 Å². The number of hydrogen-bond donors (Lipinski definition) is 3. The van der Waals surface area contributed by atoms with Crippen LogP contribution in [0.2, 0.25) is 0 Å². The average molecular weight is 256 g/mol. The summed E-state index contributed by atoms with van der Waals surface area (Å²) in [7, 11) is 0. The van der Waals surface area contributed by atoms with Gasteiger partial charge in [0.05, 0.1) is 0 Å². The summed E-state index contributed by atoms with van der Waals surface area (Å²) in [6, 6.07) is 7.13. The lowest BCUT2D eigenvalue weighted by atomic mass is 10.1. The molecule has 0 saturated carbocycles. The van der Waals surface area contributed by atoms with Gasteiger partial charge in [-0.3, -0.25) is 4.79 Å². The number of rotatable bonds is 3. The highest BCUT2D eigenvalue weighted by molar-refractivity contribution is 5.96. The van der Waals surface area contributed by atoms with Crippen molar-refractivity contribution in [1.82, 2.24) is 36.0 Å². The number of hydrogen-bond acceptors (Lipinski definition) is 6. The number of amides is 1. The quantitative estimate of drug-likeness (QED) is 0.590. The Morgan fingerprint density at radius 2 is 1.74 bits per heavy atom. The molecule has 0 bridgehead atoms. The summed E-state index contributed by atoms with van der Waals surface area (Å²) >= 11 is 0. The van der Waals surface area contributed by atoms with Crippen molar-refractivity contribution >= 4 is 5.91 Å². The highest BCUT2D eigenvalue weighted by Gasteiger charge is 2.15. The van der Waals surface area contributed by atoms with Gasteiger partial charge >= 0.3 is 0 Å². The van der Waals surface area contributed by atoms with E-state index >= 15 is 0 Å². The number of nitrogens with zero attached hydrogens (tertiary/aromatic N) is 5. The topological polar surface area (TPSA) is 139 Å². The summed E-state index contributed by atoms with van der Waals surface area (Å²) in [4.78, 5) is 11.2. The number of carbonyl (C=O) groups excluding carboxylic acids is 1. The molecule has 0 fully saturated rings. The number of nitrogens with two attached hydrogens (primary N) is 1. The minimum Gasteiger partial charge on any atom is -0.364 e. The van der Waals surface area contributed by atoms with E-state index in [9.17, 15) is 4.79 Å². The third kappa shape index (κ3) is 1.92. The highest BCUT2D eigenvalue weighted by Crippen LogP contribution is 2.22. The maximum atomic E-state index is 11.2. The molecule has 9 nitrogen and oxygen atoms in total. The van der Waals surface area contributed by atoms with Gasteiger partial charge in [0.25, 0.3) is 5.91 Å². The van der Waals surface area contributed by atoms with Crippen molar-refractivity contribution in [3.05, 3.63) is 30.0 Å². The normalized spacial score (nSPS) is 10.5. The zero-order valence-electron chi connectivity index (χ0n) is 9.53. The molecule has 0 aliphatic rings. The van der Waals surface area contributed by atoms with Crippen molar-refractivity contribution in [3.63, 3.8) is 0 Å². The first-order valence-electron chi connectivity index (χ1n) is 5.30. The average Bonchev–Trinajstić information content (AvgIpc) is 3.10. The number of carbonyl (C=O) groups is 1.